The second kappa shape index (κ2) is 8.77. The molecule has 0 aliphatic rings. The minimum atomic E-state index is -0.504. The first kappa shape index (κ1) is 18.3. The summed E-state index contributed by atoms with van der Waals surface area (Å²) in [7, 11) is 0. The van der Waals surface area contributed by atoms with Crippen LogP contribution in [0.4, 0.5) is 4.39 Å². The van der Waals surface area contributed by atoms with Gasteiger partial charge in [0.1, 0.15) is 5.82 Å². The third-order valence-electron chi connectivity index (χ3n) is 3.39. The molecule has 0 saturated heterocycles. The molecular weight excluding hydrogens is 375 g/mol. The number of halogens is 1. The molecule has 0 spiro atoms. The lowest BCUT2D eigenvalue weighted by Crippen LogP contribution is -2.29. The third kappa shape index (κ3) is 5.03. The van der Waals surface area contributed by atoms with Crippen LogP contribution in [0.15, 0.2) is 52.9 Å². The van der Waals surface area contributed by atoms with Crippen molar-refractivity contribution in [2.24, 2.45) is 0 Å². The lowest BCUT2D eigenvalue weighted by atomic mass is 10.2. The summed E-state index contributed by atoms with van der Waals surface area (Å²) in [5, 5.41) is 2.51. The maximum absolute atomic E-state index is 13.4. The number of nitrogens with one attached hydrogen (secondary N) is 1. The summed E-state index contributed by atoms with van der Waals surface area (Å²) in [4.78, 5) is 27.9. The van der Waals surface area contributed by atoms with Gasteiger partial charge in [-0.25, -0.2) is 9.37 Å². The number of hydrogen-bond donors (Lipinski definition) is 1. The average molecular weight is 390 g/mol. The molecule has 1 N–H and O–H groups in total. The van der Waals surface area contributed by atoms with Crippen molar-refractivity contribution in [2.75, 3.05) is 12.4 Å². The molecule has 26 heavy (non-hydrogen) atoms. The van der Waals surface area contributed by atoms with E-state index in [1.807, 2.05) is 24.3 Å². The number of carbonyl (C=O) groups is 2. The van der Waals surface area contributed by atoms with E-state index in [4.69, 9.17) is 4.74 Å². The molecular formula is C18H15FN2O3S2. The zero-order valence-electron chi connectivity index (χ0n) is 13.6. The minimum absolute atomic E-state index is 0.0452. The van der Waals surface area contributed by atoms with Gasteiger partial charge in [-0.1, -0.05) is 42.1 Å². The van der Waals surface area contributed by atoms with Crippen molar-refractivity contribution in [1.82, 2.24) is 10.3 Å². The highest BCUT2D eigenvalue weighted by molar-refractivity contribution is 8.01. The van der Waals surface area contributed by atoms with Gasteiger partial charge in [0.25, 0.3) is 5.91 Å². The molecule has 0 atom stereocenters. The van der Waals surface area contributed by atoms with Gasteiger partial charge in [0.15, 0.2) is 10.9 Å². The predicted octanol–water partition coefficient (Wildman–Crippen LogP) is 3.39. The third-order valence-corrected chi connectivity index (χ3v) is 5.54. The van der Waals surface area contributed by atoms with Crippen LogP contribution in [0.2, 0.25) is 0 Å². The number of aromatic nitrogens is 1. The summed E-state index contributed by atoms with van der Waals surface area (Å²) in [6, 6.07) is 13.9. The van der Waals surface area contributed by atoms with Crippen LogP contribution >= 0.6 is 23.1 Å². The lowest BCUT2D eigenvalue weighted by Gasteiger charge is -2.07. The predicted molar refractivity (Wildman–Crippen MR) is 99.5 cm³/mol. The standard InChI is InChI=1S/C18H15FN2O3S2/c19-13-6-2-1-5-12(13)9-20-16(22)10-24-17(23)11-25-18-21-14-7-3-4-8-15(14)26-18/h1-8H,9-11H2,(H,20,22). The first-order valence-electron chi connectivity index (χ1n) is 7.76. The van der Waals surface area contributed by atoms with Crippen molar-refractivity contribution in [3.05, 3.63) is 59.9 Å². The maximum atomic E-state index is 13.4. The van der Waals surface area contributed by atoms with Crippen molar-refractivity contribution in [1.29, 1.82) is 0 Å². The molecule has 134 valence electrons. The van der Waals surface area contributed by atoms with Gasteiger partial charge in [0.05, 0.1) is 16.0 Å². The van der Waals surface area contributed by atoms with E-state index < -0.39 is 24.3 Å². The smallest absolute Gasteiger partial charge is 0.316 e. The summed E-state index contributed by atoms with van der Waals surface area (Å²) in [6.07, 6.45) is 0. The molecule has 2 aromatic carbocycles. The first-order chi connectivity index (χ1) is 12.6. The number of thioether (sulfide) groups is 1. The van der Waals surface area contributed by atoms with Crippen LogP contribution in [0.1, 0.15) is 5.56 Å². The molecule has 0 bridgehead atoms. The Balaban J connectivity index is 1.39. The molecule has 5 nitrogen and oxygen atoms in total. The summed E-state index contributed by atoms with van der Waals surface area (Å²) in [5.41, 5.74) is 1.26. The van der Waals surface area contributed by atoms with Crippen LogP contribution < -0.4 is 5.32 Å². The van der Waals surface area contributed by atoms with Gasteiger partial charge in [0, 0.05) is 12.1 Å². The molecule has 1 heterocycles. The van der Waals surface area contributed by atoms with E-state index in [1.54, 1.807) is 18.2 Å². The van der Waals surface area contributed by atoms with E-state index in [0.717, 1.165) is 14.6 Å². The zero-order valence-corrected chi connectivity index (χ0v) is 15.2. The van der Waals surface area contributed by atoms with Crippen molar-refractivity contribution < 1.29 is 18.7 Å². The molecule has 0 aliphatic carbocycles. The normalized spacial score (nSPS) is 10.7. The fraction of sp³-hybridized carbons (Fsp3) is 0.167. The SMILES string of the molecule is O=C(COC(=O)CSc1nc2ccccc2s1)NCc1ccccc1F. The number of fused-ring (bicyclic) bond motifs is 1. The fourth-order valence-electron chi connectivity index (χ4n) is 2.11. The van der Waals surface area contributed by atoms with Crippen LogP contribution in [0.3, 0.4) is 0 Å². The van der Waals surface area contributed by atoms with Gasteiger partial charge in [-0.05, 0) is 18.2 Å². The second-order valence-corrected chi connectivity index (χ2v) is 7.52. The topological polar surface area (TPSA) is 68.3 Å². The Bertz CT molecular complexity index is 896. The molecule has 0 fully saturated rings. The van der Waals surface area contributed by atoms with Crippen LogP contribution in [0, 0.1) is 5.82 Å². The highest BCUT2D eigenvalue weighted by Gasteiger charge is 2.11. The first-order valence-corrected chi connectivity index (χ1v) is 9.56. The Hall–Kier alpha value is -2.45. The van der Waals surface area contributed by atoms with Crippen molar-refractivity contribution in [2.45, 2.75) is 10.9 Å². The molecule has 0 radical (unpaired) electrons. The van der Waals surface area contributed by atoms with Gasteiger partial charge in [-0.15, -0.1) is 11.3 Å². The zero-order chi connectivity index (χ0) is 18.4. The number of rotatable bonds is 7. The van der Waals surface area contributed by atoms with E-state index >= 15 is 0 Å². The minimum Gasteiger partial charge on any atom is -0.455 e. The lowest BCUT2D eigenvalue weighted by molar-refractivity contribution is -0.145. The van der Waals surface area contributed by atoms with Gasteiger partial charge < -0.3 is 10.1 Å². The Morgan fingerprint density at radius 2 is 1.92 bits per heavy atom. The molecule has 8 heteroatoms. The van der Waals surface area contributed by atoms with Gasteiger partial charge in [-0.2, -0.15) is 0 Å². The van der Waals surface area contributed by atoms with Crippen LogP contribution in [0.5, 0.6) is 0 Å². The highest BCUT2D eigenvalue weighted by Crippen LogP contribution is 2.29. The number of carbonyl (C=O) groups excluding carboxylic acids is 2. The Labute approximate surface area is 157 Å². The number of nitrogens with zero attached hydrogens (tertiary/aromatic N) is 1. The van der Waals surface area contributed by atoms with Crippen LogP contribution in [-0.4, -0.2) is 29.2 Å². The van der Waals surface area contributed by atoms with Gasteiger partial charge >= 0.3 is 5.97 Å². The average Bonchev–Trinajstić information content (AvgIpc) is 3.07. The number of amides is 1. The number of benzene rings is 2. The van der Waals surface area contributed by atoms with Gasteiger partial charge in [0.2, 0.25) is 0 Å². The van der Waals surface area contributed by atoms with E-state index in [2.05, 4.69) is 10.3 Å². The van der Waals surface area contributed by atoms with Crippen LogP contribution in [0.25, 0.3) is 10.2 Å². The van der Waals surface area contributed by atoms with E-state index in [1.165, 1.54) is 29.2 Å². The van der Waals surface area contributed by atoms with Crippen molar-refractivity contribution >= 4 is 45.2 Å². The largest absolute Gasteiger partial charge is 0.455 e. The molecule has 3 aromatic rings. The summed E-state index contributed by atoms with van der Waals surface area (Å²) < 4.78 is 20.2. The van der Waals surface area contributed by atoms with E-state index in [0.29, 0.717) is 5.56 Å². The molecule has 0 unspecified atom stereocenters. The number of ether oxygens (including phenoxy) is 1. The van der Waals surface area contributed by atoms with E-state index in [9.17, 15) is 14.0 Å². The summed E-state index contributed by atoms with van der Waals surface area (Å²) >= 11 is 2.77. The molecule has 1 amide bonds. The Morgan fingerprint density at radius 3 is 2.73 bits per heavy atom. The van der Waals surface area contributed by atoms with Crippen molar-refractivity contribution in [3.8, 4) is 0 Å². The fourth-order valence-corrected chi connectivity index (χ4v) is 3.97. The second-order valence-electron chi connectivity index (χ2n) is 5.26. The number of esters is 1. The Kier molecular flexibility index (Phi) is 6.19. The monoisotopic (exact) mass is 390 g/mol. The Morgan fingerprint density at radius 1 is 1.15 bits per heavy atom. The number of thiazole rings is 1. The number of hydrogen-bond acceptors (Lipinski definition) is 6. The maximum Gasteiger partial charge on any atom is 0.316 e. The van der Waals surface area contributed by atoms with Crippen LogP contribution in [-0.2, 0) is 20.9 Å². The van der Waals surface area contributed by atoms with E-state index in [-0.39, 0.29) is 12.3 Å². The molecule has 1 aromatic heterocycles. The molecule has 0 saturated carbocycles. The quantitative estimate of drug-likeness (QED) is 0.495. The summed E-state index contributed by atoms with van der Waals surface area (Å²) in [6.45, 7) is -0.350. The summed E-state index contributed by atoms with van der Waals surface area (Å²) in [5.74, 6) is -1.31. The van der Waals surface area contributed by atoms with Gasteiger partial charge in [-0.3, -0.25) is 9.59 Å². The highest BCUT2D eigenvalue weighted by atomic mass is 32.2. The van der Waals surface area contributed by atoms with Crippen molar-refractivity contribution in [3.63, 3.8) is 0 Å². The molecule has 3 rings (SSSR count). The molecule has 0 aliphatic heterocycles. The number of para-hydroxylation sites is 1.